The predicted molar refractivity (Wildman–Crippen MR) is 120 cm³/mol. The van der Waals surface area contributed by atoms with Gasteiger partial charge in [-0.25, -0.2) is 4.79 Å². The molecule has 0 fully saturated rings. The zero-order chi connectivity index (χ0) is 24.0. The Kier molecular flexibility index (Phi) is 14.7. The molecule has 0 rings (SSSR count). The SMILES string of the molecule is CSCC[C@H](NC(=O)[C@H](CCSC)NC(=O)[C@H](C)NC(=O)[C@@H](N)CCC(=O)O)C(=O)O. The first-order valence-electron chi connectivity index (χ1n) is 9.62. The molecule has 0 aliphatic rings. The predicted octanol–water partition coefficient (Wildman–Crippen LogP) is -0.756. The molecule has 0 saturated carbocycles. The number of carboxylic acids is 2. The average Bonchev–Trinajstić information content (AvgIpc) is 2.71. The minimum absolute atomic E-state index is 0.0825. The van der Waals surface area contributed by atoms with Crippen LogP contribution in [0.4, 0.5) is 0 Å². The maximum Gasteiger partial charge on any atom is 0.326 e. The van der Waals surface area contributed by atoms with Crippen molar-refractivity contribution in [2.24, 2.45) is 5.73 Å². The second kappa shape index (κ2) is 15.8. The third kappa shape index (κ3) is 12.5. The van der Waals surface area contributed by atoms with Gasteiger partial charge in [0.2, 0.25) is 17.7 Å². The highest BCUT2D eigenvalue weighted by molar-refractivity contribution is 7.98. The van der Waals surface area contributed by atoms with Crippen molar-refractivity contribution in [2.45, 2.75) is 56.8 Å². The van der Waals surface area contributed by atoms with Crippen molar-refractivity contribution in [3.63, 3.8) is 0 Å². The topological polar surface area (TPSA) is 188 Å². The minimum Gasteiger partial charge on any atom is -0.481 e. The molecule has 7 N–H and O–H groups in total. The van der Waals surface area contributed by atoms with Gasteiger partial charge < -0.3 is 31.9 Å². The molecule has 0 aromatic carbocycles. The molecule has 4 atom stereocenters. The summed E-state index contributed by atoms with van der Waals surface area (Å²) in [6, 6.07) is -4.16. The summed E-state index contributed by atoms with van der Waals surface area (Å²) in [7, 11) is 0. The fraction of sp³-hybridized carbons (Fsp3) is 0.722. The van der Waals surface area contributed by atoms with Crippen molar-refractivity contribution < 1.29 is 34.2 Å². The van der Waals surface area contributed by atoms with Crippen LogP contribution in [0, 0.1) is 0 Å². The minimum atomic E-state index is -1.16. The lowest BCUT2D eigenvalue weighted by Gasteiger charge is -2.23. The second-order valence-electron chi connectivity index (χ2n) is 6.79. The van der Waals surface area contributed by atoms with Crippen LogP contribution in [-0.2, 0) is 24.0 Å². The van der Waals surface area contributed by atoms with E-state index in [2.05, 4.69) is 16.0 Å². The Morgan fingerprint density at radius 2 is 1.32 bits per heavy atom. The summed E-state index contributed by atoms with van der Waals surface area (Å²) in [5.41, 5.74) is 5.62. The fourth-order valence-corrected chi connectivity index (χ4v) is 3.31. The first-order chi connectivity index (χ1) is 14.5. The Labute approximate surface area is 190 Å². The van der Waals surface area contributed by atoms with E-state index in [0.717, 1.165) is 0 Å². The van der Waals surface area contributed by atoms with Gasteiger partial charge in [0.15, 0.2) is 0 Å². The van der Waals surface area contributed by atoms with Gasteiger partial charge in [-0.15, -0.1) is 0 Å². The van der Waals surface area contributed by atoms with Gasteiger partial charge in [-0.1, -0.05) is 0 Å². The summed E-state index contributed by atoms with van der Waals surface area (Å²) in [6.07, 6.45) is 3.80. The molecule has 0 aliphatic heterocycles. The fourth-order valence-electron chi connectivity index (χ4n) is 2.36. The van der Waals surface area contributed by atoms with Gasteiger partial charge in [0.05, 0.1) is 6.04 Å². The summed E-state index contributed by atoms with van der Waals surface area (Å²) >= 11 is 2.91. The standard InChI is InChI=1S/C18H32N4O7S2/c1-10(20-16(26)11(19)4-5-14(23)24)15(25)21-12(6-8-30-2)17(27)22-13(18(28)29)7-9-31-3/h10-13H,4-9,19H2,1-3H3,(H,20,26)(H,21,25)(H,22,27)(H,23,24)(H,28,29)/t10-,11-,12-,13-/m0/s1. The number of carboxylic acid groups (broad SMARTS) is 2. The number of nitrogens with one attached hydrogen (secondary N) is 3. The van der Waals surface area contributed by atoms with E-state index in [1.807, 2.05) is 12.5 Å². The molecule has 0 spiro atoms. The summed E-state index contributed by atoms with van der Waals surface area (Å²) in [5.74, 6) is -3.10. The Morgan fingerprint density at radius 3 is 1.81 bits per heavy atom. The molecule has 178 valence electrons. The van der Waals surface area contributed by atoms with Crippen molar-refractivity contribution >= 4 is 53.2 Å². The van der Waals surface area contributed by atoms with Gasteiger partial charge in [0.1, 0.15) is 18.1 Å². The van der Waals surface area contributed by atoms with E-state index in [1.54, 1.807) is 0 Å². The number of carbonyl (C=O) groups excluding carboxylic acids is 3. The molecule has 31 heavy (non-hydrogen) atoms. The van der Waals surface area contributed by atoms with Gasteiger partial charge in [0.25, 0.3) is 0 Å². The normalized spacial score (nSPS) is 14.6. The summed E-state index contributed by atoms with van der Waals surface area (Å²) in [5, 5.41) is 25.3. The summed E-state index contributed by atoms with van der Waals surface area (Å²) in [6.45, 7) is 1.40. The zero-order valence-electron chi connectivity index (χ0n) is 17.9. The molecule has 11 nitrogen and oxygen atoms in total. The lowest BCUT2D eigenvalue weighted by atomic mass is 10.1. The molecule has 0 heterocycles. The zero-order valence-corrected chi connectivity index (χ0v) is 19.5. The van der Waals surface area contributed by atoms with Crippen molar-refractivity contribution in [1.29, 1.82) is 0 Å². The monoisotopic (exact) mass is 480 g/mol. The quantitative estimate of drug-likeness (QED) is 0.164. The van der Waals surface area contributed by atoms with Crippen LogP contribution in [0.25, 0.3) is 0 Å². The van der Waals surface area contributed by atoms with Crippen LogP contribution >= 0.6 is 23.5 Å². The van der Waals surface area contributed by atoms with Crippen LogP contribution in [0.15, 0.2) is 0 Å². The molecular formula is C18H32N4O7S2. The lowest BCUT2D eigenvalue weighted by molar-refractivity contribution is -0.142. The van der Waals surface area contributed by atoms with Crippen LogP contribution in [0.2, 0.25) is 0 Å². The summed E-state index contributed by atoms with van der Waals surface area (Å²) in [4.78, 5) is 59.0. The lowest BCUT2D eigenvalue weighted by Crippen LogP contribution is -2.56. The van der Waals surface area contributed by atoms with E-state index >= 15 is 0 Å². The number of thioether (sulfide) groups is 2. The number of hydrogen-bond acceptors (Lipinski definition) is 8. The van der Waals surface area contributed by atoms with E-state index in [4.69, 9.17) is 10.8 Å². The van der Waals surface area contributed by atoms with Crippen LogP contribution in [-0.4, -0.2) is 88.1 Å². The van der Waals surface area contributed by atoms with Crippen molar-refractivity contribution in [3.8, 4) is 0 Å². The van der Waals surface area contributed by atoms with Gasteiger partial charge >= 0.3 is 11.9 Å². The molecular weight excluding hydrogens is 448 g/mol. The van der Waals surface area contributed by atoms with Gasteiger partial charge in [0, 0.05) is 6.42 Å². The smallest absolute Gasteiger partial charge is 0.326 e. The van der Waals surface area contributed by atoms with Crippen molar-refractivity contribution in [1.82, 2.24) is 16.0 Å². The van der Waals surface area contributed by atoms with Crippen LogP contribution < -0.4 is 21.7 Å². The highest BCUT2D eigenvalue weighted by Gasteiger charge is 2.28. The largest absolute Gasteiger partial charge is 0.481 e. The van der Waals surface area contributed by atoms with Gasteiger partial charge in [-0.3, -0.25) is 19.2 Å². The molecule has 0 bridgehead atoms. The number of amides is 3. The average molecular weight is 481 g/mol. The molecule has 0 radical (unpaired) electrons. The highest BCUT2D eigenvalue weighted by atomic mass is 32.2. The summed E-state index contributed by atoms with van der Waals surface area (Å²) < 4.78 is 0. The van der Waals surface area contributed by atoms with Gasteiger partial charge in [-0.05, 0) is 50.2 Å². The highest BCUT2D eigenvalue weighted by Crippen LogP contribution is 2.05. The van der Waals surface area contributed by atoms with Gasteiger partial charge in [-0.2, -0.15) is 23.5 Å². The van der Waals surface area contributed by atoms with Crippen LogP contribution in [0.1, 0.15) is 32.6 Å². The maximum atomic E-state index is 12.6. The third-order valence-corrected chi connectivity index (χ3v) is 5.51. The molecule has 0 aromatic rings. The number of carbonyl (C=O) groups is 5. The first kappa shape index (κ1) is 29.0. The van der Waals surface area contributed by atoms with E-state index in [1.165, 1.54) is 30.4 Å². The first-order valence-corrected chi connectivity index (χ1v) is 12.4. The number of hydrogen-bond donors (Lipinski definition) is 6. The number of rotatable bonds is 16. The third-order valence-electron chi connectivity index (χ3n) is 4.23. The van der Waals surface area contributed by atoms with E-state index in [9.17, 15) is 29.1 Å². The van der Waals surface area contributed by atoms with E-state index in [0.29, 0.717) is 11.5 Å². The van der Waals surface area contributed by atoms with Crippen LogP contribution in [0.3, 0.4) is 0 Å². The van der Waals surface area contributed by atoms with Crippen molar-refractivity contribution in [3.05, 3.63) is 0 Å². The molecule has 13 heteroatoms. The van der Waals surface area contributed by atoms with E-state index < -0.39 is 53.8 Å². The molecule has 0 aromatic heterocycles. The molecule has 0 unspecified atom stereocenters. The van der Waals surface area contributed by atoms with E-state index in [-0.39, 0.29) is 25.7 Å². The Balaban J connectivity index is 4.98. The Bertz CT molecular complexity index is 636. The Hall–Kier alpha value is -1.99. The maximum absolute atomic E-state index is 12.6. The number of aliphatic carboxylic acids is 2. The van der Waals surface area contributed by atoms with Crippen LogP contribution in [0.5, 0.6) is 0 Å². The van der Waals surface area contributed by atoms with Crippen molar-refractivity contribution in [2.75, 3.05) is 24.0 Å². The molecule has 0 aliphatic carbocycles. The molecule has 0 saturated heterocycles. The Morgan fingerprint density at radius 1 is 0.806 bits per heavy atom. The number of nitrogens with two attached hydrogens (primary N) is 1. The molecule has 3 amide bonds. The second-order valence-corrected chi connectivity index (χ2v) is 8.76.